The Bertz CT molecular complexity index is 885. The van der Waals surface area contributed by atoms with Gasteiger partial charge in [-0.05, 0) is 23.8 Å². The maximum atomic E-state index is 5.16. The SMILES string of the molecule is CCCSc1ccc2n(C)c(-c3ccc(CNNC=[NH+]N)cc3)c[n+]2c1. The van der Waals surface area contributed by atoms with Crippen LogP contribution < -0.4 is 26.2 Å². The van der Waals surface area contributed by atoms with Crippen LogP contribution in [-0.2, 0) is 13.6 Å². The number of nitrogens with two attached hydrogens (primary N) is 1. The van der Waals surface area contributed by atoms with Crippen LogP contribution in [0.25, 0.3) is 16.9 Å². The molecule has 0 atom stereocenters. The number of hydrazone groups is 1. The molecule has 0 bridgehead atoms. The van der Waals surface area contributed by atoms with Gasteiger partial charge in [0.15, 0.2) is 5.69 Å². The molecule has 0 saturated carbocycles. The van der Waals surface area contributed by atoms with Crippen LogP contribution in [0.1, 0.15) is 18.9 Å². The van der Waals surface area contributed by atoms with E-state index in [-0.39, 0.29) is 0 Å². The number of nitrogens with zero attached hydrogens (tertiary/aromatic N) is 2. The molecule has 6 nitrogen and oxygen atoms in total. The number of pyridine rings is 1. The molecule has 0 aliphatic heterocycles. The van der Waals surface area contributed by atoms with Crippen LogP contribution in [0, 0.1) is 0 Å². The van der Waals surface area contributed by atoms with Crippen molar-refractivity contribution in [2.45, 2.75) is 24.8 Å². The van der Waals surface area contributed by atoms with Gasteiger partial charge in [-0.2, -0.15) is 10.5 Å². The smallest absolute Gasteiger partial charge is 0.276 e. The molecule has 0 fully saturated rings. The minimum Gasteiger partial charge on any atom is -0.276 e. The Balaban J connectivity index is 1.79. The van der Waals surface area contributed by atoms with Crippen LogP contribution in [0.2, 0.25) is 0 Å². The Morgan fingerprint density at radius 3 is 2.73 bits per heavy atom. The molecule has 5 N–H and O–H groups in total. The fourth-order valence-electron chi connectivity index (χ4n) is 2.83. The van der Waals surface area contributed by atoms with Gasteiger partial charge in [0.25, 0.3) is 12.0 Å². The number of rotatable bonds is 8. The second-order valence-corrected chi connectivity index (χ2v) is 7.23. The minimum absolute atomic E-state index is 0.709. The lowest BCUT2D eigenvalue weighted by molar-refractivity contribution is -0.512. The zero-order valence-electron chi connectivity index (χ0n) is 15.2. The molecule has 3 aromatic rings. The summed E-state index contributed by atoms with van der Waals surface area (Å²) in [5, 5.41) is 2.41. The number of benzene rings is 1. The lowest BCUT2D eigenvalue weighted by Crippen LogP contribution is -2.79. The number of aryl methyl sites for hydroxylation is 1. The van der Waals surface area contributed by atoms with Crippen LogP contribution in [0.15, 0.2) is 53.7 Å². The van der Waals surface area contributed by atoms with Crippen molar-refractivity contribution in [3.63, 3.8) is 0 Å². The number of nitrogens with one attached hydrogen (secondary N) is 3. The highest BCUT2D eigenvalue weighted by Gasteiger charge is 2.16. The van der Waals surface area contributed by atoms with E-state index in [0.29, 0.717) is 6.54 Å². The van der Waals surface area contributed by atoms with Gasteiger partial charge in [-0.15, -0.1) is 11.8 Å². The Hall–Kier alpha value is -2.51. The van der Waals surface area contributed by atoms with E-state index in [0.717, 1.165) is 5.75 Å². The average molecular weight is 371 g/mol. The average Bonchev–Trinajstić information content (AvgIpc) is 3.00. The normalized spacial score (nSPS) is 11.5. The Morgan fingerprint density at radius 1 is 1.19 bits per heavy atom. The van der Waals surface area contributed by atoms with Gasteiger partial charge < -0.3 is 0 Å². The van der Waals surface area contributed by atoms with Gasteiger partial charge in [0, 0.05) is 16.5 Å². The van der Waals surface area contributed by atoms with Crippen molar-refractivity contribution in [3.05, 3.63) is 54.4 Å². The molecule has 2 heterocycles. The van der Waals surface area contributed by atoms with Crippen molar-refractivity contribution < 1.29 is 9.50 Å². The third-order valence-electron chi connectivity index (χ3n) is 4.17. The summed E-state index contributed by atoms with van der Waals surface area (Å²) < 4.78 is 4.44. The molecular formula is C19H26N6S+2. The van der Waals surface area contributed by atoms with Crippen LogP contribution >= 0.6 is 11.8 Å². The van der Waals surface area contributed by atoms with Crippen LogP contribution in [0.3, 0.4) is 0 Å². The summed E-state index contributed by atoms with van der Waals surface area (Å²) in [6, 6.07) is 13.0. The molecule has 26 heavy (non-hydrogen) atoms. The fourth-order valence-corrected chi connectivity index (χ4v) is 3.62. The highest BCUT2D eigenvalue weighted by atomic mass is 32.2. The van der Waals surface area contributed by atoms with E-state index in [4.69, 9.17) is 5.84 Å². The summed E-state index contributed by atoms with van der Waals surface area (Å²) in [6.45, 7) is 2.92. The zero-order chi connectivity index (χ0) is 18.4. The number of fused-ring (bicyclic) bond motifs is 1. The Labute approximate surface area is 158 Å². The standard InChI is InChI=1S/C19H25N6S/c1-3-10-26-17-8-9-19-24(2)18(13-25(19)12-17)16-6-4-15(5-7-16)11-22-23-14-21-20/h4-9,12-14,22H,3,10-11,20H2,1-2H3,(H,21,23)/q+1/p+1. The lowest BCUT2D eigenvalue weighted by Gasteiger charge is -2.02. The van der Waals surface area contributed by atoms with E-state index in [1.54, 1.807) is 0 Å². The minimum atomic E-state index is 0.709. The van der Waals surface area contributed by atoms with Crippen molar-refractivity contribution in [3.8, 4) is 11.3 Å². The third kappa shape index (κ3) is 4.17. The van der Waals surface area contributed by atoms with Gasteiger partial charge in [0.1, 0.15) is 12.4 Å². The number of hydrogen-bond donors (Lipinski definition) is 4. The van der Waals surface area contributed by atoms with Crippen LogP contribution in [-0.4, -0.2) is 16.7 Å². The monoisotopic (exact) mass is 370 g/mol. The topological polar surface area (TPSA) is 73.1 Å². The summed E-state index contributed by atoms with van der Waals surface area (Å²) in [7, 11) is 2.11. The number of aromatic nitrogens is 2. The summed E-state index contributed by atoms with van der Waals surface area (Å²) in [5.41, 5.74) is 10.7. The first-order valence-corrected chi connectivity index (χ1v) is 9.70. The van der Waals surface area contributed by atoms with Crippen LogP contribution in [0.4, 0.5) is 0 Å². The zero-order valence-corrected chi connectivity index (χ0v) is 16.0. The number of imidazole rings is 1. The van der Waals surface area contributed by atoms with Gasteiger partial charge >= 0.3 is 0 Å². The molecule has 7 heteroatoms. The molecule has 0 unspecified atom stereocenters. The Morgan fingerprint density at radius 2 is 2.00 bits per heavy atom. The second-order valence-electron chi connectivity index (χ2n) is 6.06. The molecule has 3 rings (SSSR count). The van der Waals surface area contributed by atoms with Crippen molar-refractivity contribution in [2.24, 2.45) is 12.9 Å². The van der Waals surface area contributed by atoms with E-state index in [1.807, 2.05) is 11.8 Å². The quantitative estimate of drug-likeness (QED) is 0.0887. The molecule has 0 radical (unpaired) electrons. The maximum Gasteiger partial charge on any atom is 0.286 e. The number of hydrazine groups is 2. The summed E-state index contributed by atoms with van der Waals surface area (Å²) in [4.78, 5) is 1.30. The van der Waals surface area contributed by atoms with Gasteiger partial charge in [0.05, 0.1) is 13.6 Å². The van der Waals surface area contributed by atoms with Crippen LogP contribution in [0.5, 0.6) is 0 Å². The van der Waals surface area contributed by atoms with Gasteiger partial charge in [-0.1, -0.05) is 31.2 Å². The predicted octanol–water partition coefficient (Wildman–Crippen LogP) is 0.510. The summed E-state index contributed by atoms with van der Waals surface area (Å²) in [6.07, 6.45) is 7.13. The van der Waals surface area contributed by atoms with E-state index < -0.39 is 0 Å². The molecule has 0 amide bonds. The predicted molar refractivity (Wildman–Crippen MR) is 106 cm³/mol. The first-order valence-electron chi connectivity index (χ1n) is 8.72. The molecule has 136 valence electrons. The molecule has 2 aromatic heterocycles. The molecule has 1 aromatic carbocycles. The van der Waals surface area contributed by atoms with Gasteiger partial charge in [-0.25, -0.2) is 14.4 Å². The van der Waals surface area contributed by atoms with Gasteiger partial charge in [-0.3, -0.25) is 5.84 Å². The van der Waals surface area contributed by atoms with Crippen molar-refractivity contribution >= 4 is 23.7 Å². The molecule has 0 spiro atoms. The summed E-state index contributed by atoms with van der Waals surface area (Å²) in [5.74, 6) is 6.31. The van der Waals surface area contributed by atoms with E-state index in [9.17, 15) is 0 Å². The maximum absolute atomic E-state index is 5.16. The van der Waals surface area contributed by atoms with E-state index >= 15 is 0 Å². The Kier molecular flexibility index (Phi) is 6.14. The molecular weight excluding hydrogens is 344 g/mol. The first kappa shape index (κ1) is 18.3. The fraction of sp³-hybridized carbons (Fsp3) is 0.263. The van der Waals surface area contributed by atoms with Crippen molar-refractivity contribution in [1.29, 1.82) is 0 Å². The molecule has 0 saturated heterocycles. The molecule has 0 aliphatic rings. The highest BCUT2D eigenvalue weighted by molar-refractivity contribution is 7.99. The van der Waals surface area contributed by atoms with Gasteiger partial charge in [0.2, 0.25) is 0 Å². The van der Waals surface area contributed by atoms with Crippen molar-refractivity contribution in [1.82, 2.24) is 15.4 Å². The summed E-state index contributed by atoms with van der Waals surface area (Å²) >= 11 is 1.90. The number of thioether (sulfide) groups is 1. The lowest BCUT2D eigenvalue weighted by atomic mass is 10.1. The second kappa shape index (κ2) is 8.73. The van der Waals surface area contributed by atoms with E-state index in [1.165, 1.54) is 40.1 Å². The third-order valence-corrected chi connectivity index (χ3v) is 5.35. The first-order chi connectivity index (χ1) is 12.7. The van der Waals surface area contributed by atoms with E-state index in [2.05, 4.69) is 87.7 Å². The van der Waals surface area contributed by atoms with Crippen molar-refractivity contribution in [2.75, 3.05) is 5.75 Å². The highest BCUT2D eigenvalue weighted by Crippen LogP contribution is 2.22. The number of hydrogen-bond acceptors (Lipinski definition) is 3. The molecule has 0 aliphatic carbocycles. The largest absolute Gasteiger partial charge is 0.286 e.